The Labute approximate surface area is 786 Å². The molecule has 42 heteroatoms. The van der Waals surface area contributed by atoms with Crippen molar-refractivity contribution >= 4 is 130 Å². The molecule has 6 N–H and O–H groups in total. The molecule has 0 radical (unpaired) electrons. The molecule has 6 aliphatic heterocycles. The molecule has 6 heterocycles. The van der Waals surface area contributed by atoms with Gasteiger partial charge in [-0.2, -0.15) is 0 Å². The molecule has 8 aliphatic rings. The third kappa shape index (κ3) is 55.3. The number of carboxylic acid groups (broad SMARTS) is 3. The minimum absolute atomic E-state index is 0.00953. The second-order valence-electron chi connectivity index (χ2n) is 31.8. The standard InChI is InChI=1S/C16H23N3O5.C14H20O5.C13H20N2O4.C13H19NO5.C13H18O5.C12H18N2O4.C12H17NO5/c1-11(18-9-3-5-14(18)21)17-13(20)7-8-16(23)24-12(2)19-10-4-6-15(19)22;1-10(11-6-4-3-5-7-12(11)15)19-14(17)9-8-13(16)18-2;1-19-13(18)7-6-11(16)14-8-10-15-9-4-2-3-5-12(15)17;1-18-12(16)6-7-13(17)19-10-9-14-8-4-2-3-5-11(14)15;1-9(18-13(17)8-7-12(15)16)10-5-3-2-4-6-11(10)14;15-10(5-6-12(17)18)13-7-9-14-8-3-1-2-4-11(14)16;14-10-4-2-1-3-7-13(10)8-9-18-12(17)6-5-11(15)16/h7-8,11-12H,3-6,9-10H2,1-2H3,(H,17,20);8-11H,3-7H2,1-2H3;6-7H,2-5,8-10H2,1H3,(H,14,16);6-7H,2-5,8-10H2,1H3;7-10H,2-6H2,1H3,(H,15,16);5-6H,1-4,7-9H2,(H,13,15)(H,17,18);5-6H,1-4,7-9H2,(H,15,16). The van der Waals surface area contributed by atoms with Gasteiger partial charge in [-0.25, -0.2) is 52.7 Å². The van der Waals surface area contributed by atoms with Gasteiger partial charge in [0.25, 0.3) is 0 Å². The molecule has 8 rings (SSSR count). The van der Waals surface area contributed by atoms with Crippen LogP contribution in [0.2, 0.25) is 0 Å². The Bertz CT molecular complexity index is 3980. The van der Waals surface area contributed by atoms with Gasteiger partial charge in [0.1, 0.15) is 43.2 Å². The number of methoxy groups -OCH3 is 3. The quantitative estimate of drug-likeness (QED) is 0.0207. The molecule has 6 saturated heterocycles. The highest BCUT2D eigenvalue weighted by Crippen LogP contribution is 2.27. The summed E-state index contributed by atoms with van der Waals surface area (Å²) < 4.78 is 38.1. The van der Waals surface area contributed by atoms with E-state index in [0.717, 1.165) is 239 Å². The number of carbonyl (C=O) groups is 22. The van der Waals surface area contributed by atoms with Crippen LogP contribution >= 0.6 is 0 Å². The molecule has 0 aromatic heterocycles. The van der Waals surface area contributed by atoms with Gasteiger partial charge in [-0.3, -0.25) is 52.7 Å². The SMILES string of the molecule is CC(NC(=O)C=CC(=O)OC(C)N1CCCC1=O)N1CCCC1=O.CC(OC(=O)C=CC(=O)O)C1CCCCCC1=O.COC(=O)C=CC(=O)NCCN1CCCCCC1=O.COC(=O)C=CC(=O)OC(C)C1CCCCCC1=O.COC(=O)C=CC(=O)OCCN1CCCCCC1=O.O=C(O)C=CC(=O)NCCN1CCCCCC1=O.O=C(O)C=CC(=O)OCCN1CCCCCC1=O. The van der Waals surface area contributed by atoms with E-state index in [0.29, 0.717) is 117 Å². The zero-order chi connectivity index (χ0) is 100. The van der Waals surface area contributed by atoms with Crippen molar-refractivity contribution in [2.24, 2.45) is 11.8 Å². The van der Waals surface area contributed by atoms with E-state index >= 15 is 0 Å². The number of Topliss-reactive ketones (excluding diaryl/α,β-unsaturated/α-hetero) is 2. The van der Waals surface area contributed by atoms with Crippen molar-refractivity contribution in [2.45, 2.75) is 245 Å². The van der Waals surface area contributed by atoms with Gasteiger partial charge in [-0.1, -0.05) is 51.4 Å². The lowest BCUT2D eigenvalue weighted by atomic mass is 9.94. The van der Waals surface area contributed by atoms with Crippen LogP contribution in [0.25, 0.3) is 0 Å². The first kappa shape index (κ1) is 118. The van der Waals surface area contributed by atoms with Crippen LogP contribution in [0.3, 0.4) is 0 Å². The Morgan fingerprint density at radius 3 is 0.970 bits per heavy atom. The topological polar surface area (TPSA) is 566 Å². The second-order valence-corrected chi connectivity index (χ2v) is 31.8. The van der Waals surface area contributed by atoms with E-state index in [1.54, 1.807) is 52.2 Å². The number of hydrogen-bond donors (Lipinski definition) is 6. The van der Waals surface area contributed by atoms with Crippen molar-refractivity contribution in [3.05, 3.63) is 85.1 Å². The minimum atomic E-state index is -1.20. The van der Waals surface area contributed by atoms with Crippen molar-refractivity contribution in [2.75, 3.05) is 113 Å². The first-order chi connectivity index (χ1) is 64.4. The largest absolute Gasteiger partial charge is 0.478 e. The normalized spacial score (nSPS) is 18.7. The molecule has 6 atom stereocenters. The Morgan fingerprint density at radius 1 is 0.311 bits per heavy atom. The third-order valence-electron chi connectivity index (χ3n) is 21.6. The first-order valence-corrected chi connectivity index (χ1v) is 45.6. The van der Waals surface area contributed by atoms with Gasteiger partial charge in [0.05, 0.1) is 46.3 Å². The van der Waals surface area contributed by atoms with Crippen LogP contribution in [0.5, 0.6) is 0 Å². The minimum Gasteiger partial charge on any atom is -0.478 e. The molecule has 0 spiro atoms. The Kier molecular flexibility index (Phi) is 60.9. The molecule has 0 aromatic carbocycles. The number of rotatable bonds is 34. The lowest BCUT2D eigenvalue weighted by molar-refractivity contribution is -0.156. The Balaban J connectivity index is 0.000000534. The summed E-state index contributed by atoms with van der Waals surface area (Å²) in [6.07, 6.45) is 36.3. The average molecular weight is 1910 g/mol. The summed E-state index contributed by atoms with van der Waals surface area (Å²) in [4.78, 5) is 257. The number of nitrogens with zero attached hydrogens (tertiary/aromatic N) is 6. The lowest BCUT2D eigenvalue weighted by Crippen LogP contribution is -2.46. The van der Waals surface area contributed by atoms with E-state index in [1.807, 2.05) is 0 Å². The monoisotopic (exact) mass is 1910 g/mol. The highest BCUT2D eigenvalue weighted by Gasteiger charge is 2.32. The summed E-state index contributed by atoms with van der Waals surface area (Å²) in [6.45, 7) is 13.5. The van der Waals surface area contributed by atoms with Crippen LogP contribution in [0.1, 0.15) is 220 Å². The molecule has 750 valence electrons. The number of ether oxygens (including phenoxy) is 8. The van der Waals surface area contributed by atoms with Crippen molar-refractivity contribution in [3.63, 3.8) is 0 Å². The molecule has 0 aromatic rings. The van der Waals surface area contributed by atoms with Crippen molar-refractivity contribution in [1.29, 1.82) is 0 Å². The Hall–Kier alpha value is -13.1. The zero-order valence-electron chi connectivity index (χ0n) is 78.4. The fourth-order valence-electron chi connectivity index (χ4n) is 14.4. The van der Waals surface area contributed by atoms with E-state index in [9.17, 15) is 105 Å². The number of aliphatic carboxylic acids is 3. The van der Waals surface area contributed by atoms with Crippen LogP contribution in [0, 0.1) is 11.8 Å². The number of ketones is 2. The van der Waals surface area contributed by atoms with Crippen LogP contribution in [0.4, 0.5) is 0 Å². The van der Waals surface area contributed by atoms with Crippen LogP contribution in [-0.4, -0.2) is 313 Å². The predicted octanol–water partition coefficient (Wildman–Crippen LogP) is 5.26. The number of carbonyl (C=O) groups excluding carboxylic acids is 19. The number of nitrogens with one attached hydrogen (secondary N) is 3. The summed E-state index contributed by atoms with van der Waals surface area (Å²) in [7, 11) is 3.70. The molecule has 0 bridgehead atoms. The molecule has 135 heavy (non-hydrogen) atoms. The number of amides is 9. The van der Waals surface area contributed by atoms with Crippen molar-refractivity contribution < 1.29 is 159 Å². The molecular formula is C93H135N9O33. The maximum absolute atomic E-state index is 11.9. The lowest BCUT2D eigenvalue weighted by Gasteiger charge is -2.24. The highest BCUT2D eigenvalue weighted by molar-refractivity contribution is 5.98. The summed E-state index contributed by atoms with van der Waals surface area (Å²) >= 11 is 0. The highest BCUT2D eigenvalue weighted by atomic mass is 16.6. The molecule has 8 fully saturated rings. The molecule has 6 unspecified atom stereocenters. The Morgan fingerprint density at radius 2 is 0.600 bits per heavy atom. The van der Waals surface area contributed by atoms with E-state index in [-0.39, 0.29) is 78.0 Å². The maximum atomic E-state index is 11.9. The van der Waals surface area contributed by atoms with Gasteiger partial charge in [-0.05, 0) is 118 Å². The summed E-state index contributed by atoms with van der Waals surface area (Å²) in [6, 6.07) is 0. The zero-order valence-corrected chi connectivity index (χ0v) is 78.4. The second kappa shape index (κ2) is 69.7. The van der Waals surface area contributed by atoms with E-state index < -0.39 is 102 Å². The van der Waals surface area contributed by atoms with Crippen LogP contribution in [0.15, 0.2) is 85.1 Å². The number of likely N-dealkylation sites (tertiary alicyclic amines) is 6. The van der Waals surface area contributed by atoms with E-state index in [2.05, 4.69) is 30.2 Å². The molecule has 42 nitrogen and oxygen atoms in total. The van der Waals surface area contributed by atoms with E-state index in [4.69, 9.17) is 39.0 Å². The first-order valence-electron chi connectivity index (χ1n) is 45.6. The van der Waals surface area contributed by atoms with Gasteiger partial charge in [0.15, 0.2) is 6.23 Å². The maximum Gasteiger partial charge on any atom is 0.332 e. The fraction of sp³-hybridized carbons (Fsp3) is 0.613. The number of esters is 8. The number of carboxylic acids is 3. The van der Waals surface area contributed by atoms with Crippen LogP contribution < -0.4 is 16.0 Å². The average Bonchev–Trinajstić information content (AvgIpc) is 1.77. The molecular weight excluding hydrogens is 1770 g/mol. The van der Waals surface area contributed by atoms with Crippen molar-refractivity contribution in [3.8, 4) is 0 Å². The van der Waals surface area contributed by atoms with Crippen molar-refractivity contribution in [1.82, 2.24) is 45.3 Å². The molecule has 9 amide bonds. The third-order valence-corrected chi connectivity index (χ3v) is 21.6. The molecule has 2 aliphatic carbocycles. The van der Waals surface area contributed by atoms with Gasteiger partial charge in [-0.15, -0.1) is 0 Å². The van der Waals surface area contributed by atoms with Crippen LogP contribution in [-0.2, 0) is 143 Å². The van der Waals surface area contributed by atoms with E-state index in [1.165, 1.54) is 26.2 Å². The van der Waals surface area contributed by atoms with Gasteiger partial charge >= 0.3 is 65.7 Å². The summed E-state index contributed by atoms with van der Waals surface area (Å²) in [5.41, 5.74) is 0. The fourth-order valence-corrected chi connectivity index (χ4v) is 14.4. The summed E-state index contributed by atoms with van der Waals surface area (Å²) in [5.74, 6) is -9.78. The van der Waals surface area contributed by atoms with Gasteiger partial charge in [0.2, 0.25) is 53.2 Å². The summed E-state index contributed by atoms with van der Waals surface area (Å²) in [5, 5.41) is 32.8. The number of hydrogen-bond acceptors (Lipinski definition) is 30. The molecule has 2 saturated carbocycles. The van der Waals surface area contributed by atoms with Gasteiger partial charge in [0, 0.05) is 202 Å². The predicted molar refractivity (Wildman–Crippen MR) is 480 cm³/mol. The smallest absolute Gasteiger partial charge is 0.332 e. The van der Waals surface area contributed by atoms with Gasteiger partial charge < -0.3 is 98.6 Å².